The Morgan fingerprint density at radius 3 is 2.44 bits per heavy atom. The van der Waals surface area contributed by atoms with Crippen molar-refractivity contribution in [2.24, 2.45) is 5.41 Å². The Labute approximate surface area is 151 Å². The Balaban J connectivity index is 2.00. The van der Waals surface area contributed by atoms with Crippen LogP contribution in [0, 0.1) is 5.41 Å². The summed E-state index contributed by atoms with van der Waals surface area (Å²) in [4.78, 5) is 26.8. The molecule has 7 nitrogen and oxygen atoms in total. The molecule has 2 amide bonds. The second-order valence-corrected chi connectivity index (χ2v) is 9.01. The lowest BCUT2D eigenvalue weighted by Gasteiger charge is -2.27. The molecule has 2 saturated heterocycles. The fraction of sp³-hybridized carbons (Fsp3) is 0.500. The maximum absolute atomic E-state index is 12.6. The molecular formula is C16H19ClN2O5S. The van der Waals surface area contributed by atoms with Gasteiger partial charge in [0.1, 0.15) is 0 Å². The molecule has 0 aliphatic carbocycles. The Hall–Kier alpha value is -1.64. The summed E-state index contributed by atoms with van der Waals surface area (Å²) in [5.41, 5.74) is -0.725. The summed E-state index contributed by atoms with van der Waals surface area (Å²) in [7, 11) is -3.83. The van der Waals surface area contributed by atoms with Gasteiger partial charge in [0.2, 0.25) is 15.9 Å². The van der Waals surface area contributed by atoms with Gasteiger partial charge in [-0.05, 0) is 32.0 Å². The van der Waals surface area contributed by atoms with Gasteiger partial charge in [-0.3, -0.25) is 9.59 Å². The molecule has 0 N–H and O–H groups in total. The van der Waals surface area contributed by atoms with Crippen molar-refractivity contribution in [1.82, 2.24) is 4.90 Å². The van der Waals surface area contributed by atoms with Gasteiger partial charge in [-0.25, -0.2) is 12.7 Å². The van der Waals surface area contributed by atoms with E-state index in [4.69, 9.17) is 16.3 Å². The van der Waals surface area contributed by atoms with Crippen molar-refractivity contribution in [3.8, 4) is 0 Å². The molecule has 3 rings (SSSR count). The van der Waals surface area contributed by atoms with E-state index in [2.05, 4.69) is 0 Å². The van der Waals surface area contributed by atoms with Crippen molar-refractivity contribution in [2.45, 2.75) is 13.8 Å². The second kappa shape index (κ2) is 6.26. The van der Waals surface area contributed by atoms with E-state index in [1.54, 1.807) is 18.7 Å². The number of nitrogens with zero attached hydrogens (tertiary/aromatic N) is 2. The number of ether oxygens (including phenoxy) is 1. The zero-order valence-corrected chi connectivity index (χ0v) is 15.6. The zero-order valence-electron chi connectivity index (χ0n) is 14.0. The first-order valence-corrected chi connectivity index (χ1v) is 9.86. The van der Waals surface area contributed by atoms with Gasteiger partial charge >= 0.3 is 0 Å². The monoisotopic (exact) mass is 386 g/mol. The molecule has 9 heteroatoms. The molecule has 0 unspecified atom stereocenters. The van der Waals surface area contributed by atoms with Crippen molar-refractivity contribution in [2.75, 3.05) is 36.4 Å². The molecule has 2 aliphatic heterocycles. The Morgan fingerprint density at radius 1 is 1.24 bits per heavy atom. The number of amides is 2. The van der Waals surface area contributed by atoms with Gasteiger partial charge in [-0.2, -0.15) is 0 Å². The Bertz CT molecular complexity index is 831. The molecule has 1 aromatic carbocycles. The number of halogens is 1. The van der Waals surface area contributed by atoms with Gasteiger partial charge in [0.15, 0.2) is 0 Å². The summed E-state index contributed by atoms with van der Waals surface area (Å²) in [6.45, 7) is 4.99. The number of morpholine rings is 1. The predicted molar refractivity (Wildman–Crippen MR) is 93.2 cm³/mol. The minimum absolute atomic E-state index is 0.0244. The third kappa shape index (κ3) is 3.26. The fourth-order valence-corrected chi connectivity index (χ4v) is 5.36. The van der Waals surface area contributed by atoms with Crippen molar-refractivity contribution in [1.29, 1.82) is 0 Å². The van der Waals surface area contributed by atoms with Crippen LogP contribution >= 0.6 is 11.6 Å². The van der Waals surface area contributed by atoms with Crippen LogP contribution in [0.4, 0.5) is 5.69 Å². The van der Waals surface area contributed by atoms with E-state index in [0.29, 0.717) is 26.3 Å². The number of rotatable bonds is 2. The molecule has 0 bridgehead atoms. The zero-order chi connectivity index (χ0) is 18.4. The first-order chi connectivity index (χ1) is 11.6. The number of benzene rings is 1. The number of carbonyl (C=O) groups is 2. The van der Waals surface area contributed by atoms with E-state index < -0.39 is 21.3 Å². The van der Waals surface area contributed by atoms with Crippen molar-refractivity contribution < 1.29 is 22.7 Å². The molecule has 2 heterocycles. The van der Waals surface area contributed by atoms with Crippen LogP contribution in [0.5, 0.6) is 0 Å². The first-order valence-electron chi connectivity index (χ1n) is 7.87. The van der Waals surface area contributed by atoms with E-state index in [1.807, 2.05) is 0 Å². The molecule has 1 aromatic rings. The number of carbonyl (C=O) groups excluding carboxylic acids is 2. The third-order valence-electron chi connectivity index (χ3n) is 4.30. The van der Waals surface area contributed by atoms with Crippen LogP contribution in [0.25, 0.3) is 0 Å². The molecule has 136 valence electrons. The SMILES string of the molecule is CC1(C)CS(=O)(=O)N(c2cc(C(=O)N3CCOCC3)ccc2Cl)C1=O. The van der Waals surface area contributed by atoms with Crippen LogP contribution in [0.2, 0.25) is 5.02 Å². The van der Waals surface area contributed by atoms with Gasteiger partial charge in [0.25, 0.3) is 5.91 Å². The summed E-state index contributed by atoms with van der Waals surface area (Å²) in [5.74, 6) is -1.09. The quantitative estimate of drug-likeness (QED) is 0.769. The summed E-state index contributed by atoms with van der Waals surface area (Å²) < 4.78 is 30.9. The molecule has 0 spiro atoms. The van der Waals surface area contributed by atoms with Crippen molar-refractivity contribution >= 4 is 39.1 Å². The third-order valence-corrected chi connectivity index (χ3v) is 6.62. The minimum Gasteiger partial charge on any atom is -0.378 e. The maximum atomic E-state index is 12.6. The van der Waals surface area contributed by atoms with E-state index in [1.165, 1.54) is 18.2 Å². The minimum atomic E-state index is -3.83. The van der Waals surface area contributed by atoms with E-state index in [9.17, 15) is 18.0 Å². The molecule has 0 saturated carbocycles. The standard InChI is InChI=1S/C16H19ClN2O5S/c1-16(2)10-25(22,23)19(15(16)21)13-9-11(3-4-12(13)17)14(20)18-5-7-24-8-6-18/h3-4,9H,5-8,10H2,1-2H3. The first kappa shape index (κ1) is 18.2. The van der Waals surface area contributed by atoms with Crippen LogP contribution in [0.15, 0.2) is 18.2 Å². The van der Waals surface area contributed by atoms with Gasteiger partial charge < -0.3 is 9.64 Å². The van der Waals surface area contributed by atoms with Crippen LogP contribution in [-0.2, 0) is 19.6 Å². The summed E-state index contributed by atoms with van der Waals surface area (Å²) in [5, 5.41) is 0.105. The molecule has 2 fully saturated rings. The smallest absolute Gasteiger partial charge is 0.254 e. The maximum Gasteiger partial charge on any atom is 0.254 e. The van der Waals surface area contributed by atoms with Gasteiger partial charge in [0.05, 0.1) is 35.1 Å². The normalized spacial score (nSPS) is 22.3. The molecule has 0 radical (unpaired) electrons. The number of sulfonamides is 1. The number of hydrogen-bond donors (Lipinski definition) is 0. The Kier molecular flexibility index (Phi) is 4.55. The lowest BCUT2D eigenvalue weighted by Crippen LogP contribution is -2.40. The van der Waals surface area contributed by atoms with Gasteiger partial charge in [-0.15, -0.1) is 0 Å². The van der Waals surface area contributed by atoms with E-state index in [-0.39, 0.29) is 27.9 Å². The highest BCUT2D eigenvalue weighted by molar-refractivity contribution is 7.94. The van der Waals surface area contributed by atoms with Crippen LogP contribution in [0.3, 0.4) is 0 Å². The molecule has 25 heavy (non-hydrogen) atoms. The van der Waals surface area contributed by atoms with Crippen LogP contribution < -0.4 is 4.31 Å². The predicted octanol–water partition coefficient (Wildman–Crippen LogP) is 1.51. The summed E-state index contributed by atoms with van der Waals surface area (Å²) in [6, 6.07) is 4.34. The van der Waals surface area contributed by atoms with Gasteiger partial charge in [0, 0.05) is 18.7 Å². The summed E-state index contributed by atoms with van der Waals surface area (Å²) in [6.07, 6.45) is 0. The average molecular weight is 387 g/mol. The van der Waals surface area contributed by atoms with Crippen molar-refractivity contribution in [3.63, 3.8) is 0 Å². The second-order valence-electron chi connectivity index (χ2n) is 6.78. The van der Waals surface area contributed by atoms with E-state index >= 15 is 0 Å². The summed E-state index contributed by atoms with van der Waals surface area (Å²) >= 11 is 6.15. The molecule has 0 aromatic heterocycles. The molecular weight excluding hydrogens is 368 g/mol. The fourth-order valence-electron chi connectivity index (χ4n) is 2.99. The largest absolute Gasteiger partial charge is 0.378 e. The van der Waals surface area contributed by atoms with Gasteiger partial charge in [-0.1, -0.05) is 11.6 Å². The number of hydrogen-bond acceptors (Lipinski definition) is 5. The average Bonchev–Trinajstić information content (AvgIpc) is 2.72. The van der Waals surface area contributed by atoms with Crippen LogP contribution in [0.1, 0.15) is 24.2 Å². The topological polar surface area (TPSA) is 84.0 Å². The lowest BCUT2D eigenvalue weighted by atomic mass is 9.95. The van der Waals surface area contributed by atoms with Crippen molar-refractivity contribution in [3.05, 3.63) is 28.8 Å². The van der Waals surface area contributed by atoms with Crippen LogP contribution in [-0.4, -0.2) is 57.2 Å². The Morgan fingerprint density at radius 2 is 1.88 bits per heavy atom. The highest BCUT2D eigenvalue weighted by atomic mass is 35.5. The molecule has 0 atom stereocenters. The van der Waals surface area contributed by atoms with E-state index in [0.717, 1.165) is 4.31 Å². The highest BCUT2D eigenvalue weighted by Gasteiger charge is 2.50. The number of anilines is 1. The molecule has 2 aliphatic rings. The highest BCUT2D eigenvalue weighted by Crippen LogP contribution is 2.39. The lowest BCUT2D eigenvalue weighted by molar-refractivity contribution is -0.123.